The minimum Gasteiger partial charge on any atom is -0.459 e. The summed E-state index contributed by atoms with van der Waals surface area (Å²) in [6.45, 7) is 18.2. The summed E-state index contributed by atoms with van der Waals surface area (Å²) in [5.41, 5.74) is 3.03. The maximum Gasteiger partial charge on any atom is 0.311 e. The van der Waals surface area contributed by atoms with Crippen molar-refractivity contribution in [2.45, 2.75) is 185 Å². The van der Waals surface area contributed by atoms with Crippen molar-refractivity contribution in [3.05, 3.63) is 0 Å². The van der Waals surface area contributed by atoms with Crippen LogP contribution in [0.15, 0.2) is 0 Å². The quantitative estimate of drug-likeness (QED) is 0.252. The van der Waals surface area contributed by atoms with Gasteiger partial charge in [0, 0.05) is 51.7 Å². The molecular formula is C39H74N2O12. The number of rotatable bonds is 9. The molecule has 3 rings (SSSR count). The van der Waals surface area contributed by atoms with Crippen LogP contribution in [-0.4, -0.2) is 152 Å². The van der Waals surface area contributed by atoms with Crippen molar-refractivity contribution in [2.75, 3.05) is 35.4 Å². The lowest BCUT2D eigenvalue weighted by Gasteiger charge is -2.50. The molecule has 14 nitrogen and oxygen atoms in total. The zero-order valence-electron chi connectivity index (χ0n) is 35.1. The molecule has 53 heavy (non-hydrogen) atoms. The number of methoxy groups -OCH3 is 3. The van der Waals surface area contributed by atoms with Crippen LogP contribution in [0.3, 0.4) is 0 Å². The molecule has 3 fully saturated rings. The molecule has 312 valence electrons. The van der Waals surface area contributed by atoms with Crippen LogP contribution in [-0.2, 0) is 42.7 Å². The normalized spacial score (nSPS) is 49.7. The number of cyclic esters (lactones) is 1. The van der Waals surface area contributed by atoms with Gasteiger partial charge in [-0.1, -0.05) is 27.7 Å². The molecule has 0 aliphatic carbocycles. The van der Waals surface area contributed by atoms with Gasteiger partial charge in [-0.05, 0) is 80.8 Å². The number of hydrogen-bond donors (Lipinski definition) is 4. The Bertz CT molecular complexity index is 1160. The third-order valence-corrected chi connectivity index (χ3v) is 12.9. The van der Waals surface area contributed by atoms with Crippen LogP contribution >= 0.6 is 0 Å². The van der Waals surface area contributed by atoms with Crippen molar-refractivity contribution >= 4 is 5.97 Å². The molecule has 0 aromatic carbocycles. The zero-order valence-corrected chi connectivity index (χ0v) is 35.1. The summed E-state index contributed by atoms with van der Waals surface area (Å²) in [6.07, 6.45) is -6.41. The van der Waals surface area contributed by atoms with Crippen LogP contribution in [0.2, 0.25) is 0 Å². The van der Waals surface area contributed by atoms with Gasteiger partial charge in [-0.15, -0.1) is 0 Å². The summed E-state index contributed by atoms with van der Waals surface area (Å²) < 4.78 is 51.0. The third-order valence-electron chi connectivity index (χ3n) is 12.9. The fraction of sp³-hybridized carbons (Fsp3) is 0.974. The minimum atomic E-state index is -1.81. The van der Waals surface area contributed by atoms with Gasteiger partial charge in [0.15, 0.2) is 12.6 Å². The zero-order chi connectivity index (χ0) is 40.4. The molecular weight excluding hydrogens is 688 g/mol. The van der Waals surface area contributed by atoms with Crippen LogP contribution in [0.1, 0.15) is 94.9 Å². The second-order valence-corrected chi connectivity index (χ2v) is 17.2. The monoisotopic (exact) mass is 763 g/mol. The molecule has 3 saturated heterocycles. The van der Waals surface area contributed by atoms with Gasteiger partial charge in [-0.3, -0.25) is 4.79 Å². The number of aliphatic hydroxyl groups excluding tert-OH is 2. The van der Waals surface area contributed by atoms with E-state index in [1.807, 2.05) is 41.8 Å². The first kappa shape index (κ1) is 46.4. The maximum atomic E-state index is 14.3. The van der Waals surface area contributed by atoms with E-state index in [9.17, 15) is 20.1 Å². The second kappa shape index (κ2) is 18.5. The summed E-state index contributed by atoms with van der Waals surface area (Å²) >= 11 is 0. The van der Waals surface area contributed by atoms with E-state index in [4.69, 9.17) is 43.6 Å². The SMILES string of the molecule is CC[C@H]1OC(=O)[C@H](C)[C@@H](O[C@H]2C[C@@](C)(OC)[C@@H](O)[C@H](C)O2)[C@H](C)[C@@H](O[C@@H]2O[C@H](C)C[C@H](N(C)C)[C@H]2OC)[C@@](C)(OC)C[C@@H](C)[C@@H](N)[C@H](C)[C@@H](O)[C@]1(C)O. The molecule has 0 radical (unpaired) electrons. The van der Waals surface area contributed by atoms with Gasteiger partial charge in [0.1, 0.15) is 23.9 Å². The Hall–Kier alpha value is -1.01. The number of likely N-dealkylation sites (N-methyl/N-ethyl adjacent to an activating group) is 1. The van der Waals surface area contributed by atoms with E-state index in [0.717, 1.165) is 6.42 Å². The van der Waals surface area contributed by atoms with Gasteiger partial charge in [0.25, 0.3) is 0 Å². The molecule has 0 aromatic rings. The molecule has 14 heteroatoms. The van der Waals surface area contributed by atoms with Crippen molar-refractivity contribution < 1.29 is 58.0 Å². The topological polar surface area (TPSA) is 181 Å². The number of nitrogens with zero attached hydrogens (tertiary/aromatic N) is 1. The van der Waals surface area contributed by atoms with Crippen LogP contribution in [0, 0.1) is 23.7 Å². The number of carbonyl (C=O) groups is 1. The lowest BCUT2D eigenvalue weighted by atomic mass is 9.72. The van der Waals surface area contributed by atoms with Crippen LogP contribution in [0.5, 0.6) is 0 Å². The number of hydrogen-bond acceptors (Lipinski definition) is 14. The van der Waals surface area contributed by atoms with E-state index < -0.39 is 102 Å². The molecule has 3 aliphatic rings. The molecule has 0 saturated carbocycles. The molecule has 0 bridgehead atoms. The predicted molar refractivity (Wildman–Crippen MR) is 199 cm³/mol. The molecule has 5 N–H and O–H groups in total. The Balaban J connectivity index is 2.24. The molecule has 3 aliphatic heterocycles. The number of nitrogens with two attached hydrogens (primary N) is 1. The van der Waals surface area contributed by atoms with E-state index >= 15 is 0 Å². The van der Waals surface area contributed by atoms with Crippen molar-refractivity contribution in [3.8, 4) is 0 Å². The van der Waals surface area contributed by atoms with E-state index in [-0.39, 0.29) is 30.9 Å². The van der Waals surface area contributed by atoms with Crippen LogP contribution in [0.25, 0.3) is 0 Å². The Morgan fingerprint density at radius 2 is 1.47 bits per heavy atom. The van der Waals surface area contributed by atoms with Crippen molar-refractivity contribution in [1.82, 2.24) is 4.90 Å². The van der Waals surface area contributed by atoms with Gasteiger partial charge < -0.3 is 63.8 Å². The van der Waals surface area contributed by atoms with Crippen LogP contribution < -0.4 is 5.73 Å². The highest BCUT2D eigenvalue weighted by Crippen LogP contribution is 2.42. The number of aliphatic hydroxyl groups is 3. The fourth-order valence-electron chi connectivity index (χ4n) is 9.05. The number of carbonyl (C=O) groups excluding carboxylic acids is 1. The third kappa shape index (κ3) is 9.93. The standard InChI is InChI=1S/C39H74N2O12/c1-16-27-39(10,45)32(42)22(4)29(40)20(2)18-38(9,48-15)34(53-36-31(46-13)26(41(11)12)17-21(3)49-36)23(5)30(24(6)35(44)51-27)52-28-19-37(8,47-14)33(43)25(7)50-28/h20-34,36,42-43,45H,16-19,40H2,1-15H3/t20-,21-,22+,23+,24-,25+,26+,27-,28+,29-,30+,31-,32-,33+,34-,36+,37-,38+,39-/m1/s1. The first-order valence-corrected chi connectivity index (χ1v) is 19.5. The van der Waals surface area contributed by atoms with E-state index in [1.54, 1.807) is 48.8 Å². The lowest BCUT2D eigenvalue weighted by Crippen LogP contribution is -2.62. The Labute approximate surface area is 318 Å². The molecule has 19 atom stereocenters. The first-order valence-electron chi connectivity index (χ1n) is 19.5. The lowest BCUT2D eigenvalue weighted by molar-refractivity contribution is -0.321. The van der Waals surface area contributed by atoms with Gasteiger partial charge in [-0.25, -0.2) is 0 Å². The number of esters is 1. The largest absolute Gasteiger partial charge is 0.459 e. The van der Waals surface area contributed by atoms with E-state index in [0.29, 0.717) is 6.42 Å². The fourth-order valence-corrected chi connectivity index (χ4v) is 9.05. The maximum absolute atomic E-state index is 14.3. The minimum absolute atomic E-state index is 0.0129. The summed E-state index contributed by atoms with van der Waals surface area (Å²) in [4.78, 5) is 16.4. The summed E-state index contributed by atoms with van der Waals surface area (Å²) in [5.74, 6) is -2.98. The van der Waals surface area contributed by atoms with E-state index in [2.05, 4.69) is 4.90 Å². The van der Waals surface area contributed by atoms with Crippen molar-refractivity contribution in [3.63, 3.8) is 0 Å². The van der Waals surface area contributed by atoms with Gasteiger partial charge in [0.2, 0.25) is 0 Å². The predicted octanol–water partition coefficient (Wildman–Crippen LogP) is 2.85. The molecule has 0 amide bonds. The average Bonchev–Trinajstić information content (AvgIpc) is 3.11. The van der Waals surface area contributed by atoms with Gasteiger partial charge >= 0.3 is 5.97 Å². The Morgan fingerprint density at radius 1 is 0.868 bits per heavy atom. The summed E-state index contributed by atoms with van der Waals surface area (Å²) in [7, 11) is 8.80. The highest BCUT2D eigenvalue weighted by molar-refractivity contribution is 5.73. The van der Waals surface area contributed by atoms with Crippen LogP contribution in [0.4, 0.5) is 0 Å². The summed E-state index contributed by atoms with van der Waals surface area (Å²) in [5, 5.41) is 34.3. The van der Waals surface area contributed by atoms with Crippen molar-refractivity contribution in [2.24, 2.45) is 29.4 Å². The number of ether oxygens (including phenoxy) is 8. The smallest absolute Gasteiger partial charge is 0.311 e. The molecule has 0 spiro atoms. The Kier molecular flexibility index (Phi) is 16.2. The summed E-state index contributed by atoms with van der Waals surface area (Å²) in [6, 6.07) is -0.601. The molecule has 0 aromatic heterocycles. The van der Waals surface area contributed by atoms with Gasteiger partial charge in [-0.2, -0.15) is 0 Å². The average molecular weight is 763 g/mol. The van der Waals surface area contributed by atoms with Gasteiger partial charge in [0.05, 0.1) is 47.6 Å². The van der Waals surface area contributed by atoms with Crippen molar-refractivity contribution in [1.29, 1.82) is 0 Å². The van der Waals surface area contributed by atoms with E-state index in [1.165, 1.54) is 14.0 Å². The first-order chi connectivity index (χ1) is 24.5. The molecule has 0 unspecified atom stereocenters. The highest BCUT2D eigenvalue weighted by Gasteiger charge is 2.54. The Morgan fingerprint density at radius 3 is 2.00 bits per heavy atom. The highest BCUT2D eigenvalue weighted by atomic mass is 16.7. The molecule has 3 heterocycles. The second-order valence-electron chi connectivity index (χ2n) is 17.2.